The molecule has 0 saturated heterocycles. The van der Waals surface area contributed by atoms with Gasteiger partial charge in [-0.05, 0) is 67.4 Å². The Labute approximate surface area is 172 Å². The molecule has 3 rings (SSSR count). The van der Waals surface area contributed by atoms with Crippen molar-refractivity contribution in [3.05, 3.63) is 88.5 Å². The van der Waals surface area contributed by atoms with Gasteiger partial charge in [-0.1, -0.05) is 18.2 Å². The predicted molar refractivity (Wildman–Crippen MR) is 111 cm³/mol. The molecule has 152 valence electrons. The predicted octanol–water partition coefficient (Wildman–Crippen LogP) is 4.74. The van der Waals surface area contributed by atoms with Gasteiger partial charge in [0.15, 0.2) is 5.75 Å². The van der Waals surface area contributed by atoms with Gasteiger partial charge in [0, 0.05) is 5.56 Å². The van der Waals surface area contributed by atoms with Gasteiger partial charge >= 0.3 is 11.9 Å². The first kappa shape index (κ1) is 20.6. The van der Waals surface area contributed by atoms with Gasteiger partial charge < -0.3 is 20.3 Å². The van der Waals surface area contributed by atoms with E-state index >= 15 is 0 Å². The van der Waals surface area contributed by atoms with Crippen molar-refractivity contribution in [2.45, 2.75) is 13.8 Å². The maximum absolute atomic E-state index is 12.6. The fraction of sp³-hybridized carbons (Fsp3) is 0.0870. The summed E-state index contributed by atoms with van der Waals surface area (Å²) >= 11 is 0. The van der Waals surface area contributed by atoms with E-state index in [-0.39, 0.29) is 23.0 Å². The van der Waals surface area contributed by atoms with Gasteiger partial charge in [0.25, 0.3) is 5.91 Å². The van der Waals surface area contributed by atoms with Crippen molar-refractivity contribution in [1.29, 1.82) is 0 Å². The highest BCUT2D eigenvalue weighted by molar-refractivity contribution is 6.05. The summed E-state index contributed by atoms with van der Waals surface area (Å²) in [6, 6.07) is 15.7. The van der Waals surface area contributed by atoms with E-state index in [0.29, 0.717) is 11.3 Å². The number of amides is 1. The van der Waals surface area contributed by atoms with E-state index in [4.69, 9.17) is 9.84 Å². The first-order chi connectivity index (χ1) is 14.3. The van der Waals surface area contributed by atoms with Crippen molar-refractivity contribution in [3.63, 3.8) is 0 Å². The molecule has 0 aliphatic carbocycles. The molecule has 30 heavy (non-hydrogen) atoms. The Bertz CT molecular complexity index is 1150. The number of para-hydroxylation sites is 2. The van der Waals surface area contributed by atoms with Crippen molar-refractivity contribution in [1.82, 2.24) is 0 Å². The number of benzene rings is 3. The average Bonchev–Trinajstić information content (AvgIpc) is 2.71. The van der Waals surface area contributed by atoms with Crippen molar-refractivity contribution in [3.8, 4) is 11.5 Å². The first-order valence-corrected chi connectivity index (χ1v) is 9.02. The number of anilines is 1. The molecule has 0 fully saturated rings. The second-order valence-corrected chi connectivity index (χ2v) is 6.67. The summed E-state index contributed by atoms with van der Waals surface area (Å²) in [5, 5.41) is 21.2. The average molecular weight is 405 g/mol. The van der Waals surface area contributed by atoms with Crippen LogP contribution in [0.2, 0.25) is 0 Å². The highest BCUT2D eigenvalue weighted by Crippen LogP contribution is 2.31. The Morgan fingerprint density at radius 3 is 2.17 bits per heavy atom. The zero-order chi connectivity index (χ0) is 21.8. The Morgan fingerprint density at radius 1 is 0.800 bits per heavy atom. The Kier molecular flexibility index (Phi) is 5.83. The van der Waals surface area contributed by atoms with Crippen molar-refractivity contribution in [2.24, 2.45) is 0 Å². The number of rotatable bonds is 6. The number of carbonyl (C=O) groups is 3. The largest absolute Gasteiger partial charge is 0.478 e. The lowest BCUT2D eigenvalue weighted by molar-refractivity contribution is 0.0651. The summed E-state index contributed by atoms with van der Waals surface area (Å²) in [6.07, 6.45) is 0. The van der Waals surface area contributed by atoms with Gasteiger partial charge in [-0.15, -0.1) is 0 Å². The van der Waals surface area contributed by atoms with Crippen molar-refractivity contribution in [2.75, 3.05) is 5.32 Å². The number of carbonyl (C=O) groups excluding carboxylic acids is 1. The Balaban J connectivity index is 1.88. The summed E-state index contributed by atoms with van der Waals surface area (Å²) in [7, 11) is 0. The van der Waals surface area contributed by atoms with E-state index in [1.54, 1.807) is 36.4 Å². The maximum atomic E-state index is 12.6. The molecule has 0 bridgehead atoms. The molecule has 0 aliphatic rings. The number of carboxylic acids is 2. The van der Waals surface area contributed by atoms with Gasteiger partial charge in [0.1, 0.15) is 5.75 Å². The lowest BCUT2D eigenvalue weighted by Crippen LogP contribution is -2.13. The smallest absolute Gasteiger partial charge is 0.336 e. The molecule has 7 nitrogen and oxygen atoms in total. The number of nitrogens with one attached hydrogen (secondary N) is 1. The first-order valence-electron chi connectivity index (χ1n) is 9.02. The van der Waals surface area contributed by atoms with Crippen molar-refractivity contribution >= 4 is 23.5 Å². The van der Waals surface area contributed by atoms with Gasteiger partial charge in [-0.25, -0.2) is 9.59 Å². The van der Waals surface area contributed by atoms with Crippen LogP contribution in [0.4, 0.5) is 5.69 Å². The second kappa shape index (κ2) is 8.48. The molecule has 0 atom stereocenters. The monoisotopic (exact) mass is 405 g/mol. The summed E-state index contributed by atoms with van der Waals surface area (Å²) in [5.74, 6) is -2.63. The minimum Gasteiger partial charge on any atom is -0.478 e. The molecule has 0 spiro atoms. The van der Waals surface area contributed by atoms with Gasteiger partial charge in [-0.2, -0.15) is 0 Å². The maximum Gasteiger partial charge on any atom is 0.336 e. The SMILES string of the molecule is Cc1ccc(C(=O)Nc2ccccc2Oc2ccc(C(=O)O)c(C(=O)O)c2)cc1C. The molecule has 3 aromatic carbocycles. The van der Waals surface area contributed by atoms with E-state index in [0.717, 1.165) is 23.3 Å². The zero-order valence-electron chi connectivity index (χ0n) is 16.3. The second-order valence-electron chi connectivity index (χ2n) is 6.67. The van der Waals surface area contributed by atoms with Crippen LogP contribution >= 0.6 is 0 Å². The number of hydrogen-bond acceptors (Lipinski definition) is 4. The molecule has 1 amide bonds. The van der Waals surface area contributed by atoms with Crippen LogP contribution in [0.15, 0.2) is 60.7 Å². The van der Waals surface area contributed by atoms with Crippen LogP contribution in [0.5, 0.6) is 11.5 Å². The van der Waals surface area contributed by atoms with E-state index < -0.39 is 17.5 Å². The topological polar surface area (TPSA) is 113 Å². The molecule has 0 radical (unpaired) electrons. The summed E-state index contributed by atoms with van der Waals surface area (Å²) in [6.45, 7) is 3.88. The standard InChI is InChI=1S/C23H19NO6/c1-13-7-8-15(11-14(13)2)21(25)24-19-5-3-4-6-20(19)30-16-9-10-17(22(26)27)18(12-16)23(28)29/h3-12H,1-2H3,(H,24,25)(H,26,27)(H,28,29). The Hall–Kier alpha value is -4.13. The van der Waals surface area contributed by atoms with Crippen LogP contribution in [0.3, 0.4) is 0 Å². The number of carboxylic acid groups (broad SMARTS) is 2. The summed E-state index contributed by atoms with van der Waals surface area (Å²) < 4.78 is 5.74. The van der Waals surface area contributed by atoms with Crippen LogP contribution in [0.1, 0.15) is 42.2 Å². The molecular weight excluding hydrogens is 386 g/mol. The molecule has 7 heteroatoms. The third-order valence-electron chi connectivity index (χ3n) is 4.58. The van der Waals surface area contributed by atoms with Gasteiger partial charge in [0.2, 0.25) is 0 Å². The van der Waals surface area contributed by atoms with E-state index in [9.17, 15) is 19.5 Å². The zero-order valence-corrected chi connectivity index (χ0v) is 16.3. The number of hydrogen-bond donors (Lipinski definition) is 3. The molecule has 0 aliphatic heterocycles. The Morgan fingerprint density at radius 2 is 1.50 bits per heavy atom. The van der Waals surface area contributed by atoms with Gasteiger partial charge in [0.05, 0.1) is 16.8 Å². The lowest BCUT2D eigenvalue weighted by atomic mass is 10.1. The van der Waals surface area contributed by atoms with Crippen LogP contribution in [0.25, 0.3) is 0 Å². The minimum atomic E-state index is -1.38. The third-order valence-corrected chi connectivity index (χ3v) is 4.58. The fourth-order valence-electron chi connectivity index (χ4n) is 2.81. The fourth-order valence-corrected chi connectivity index (χ4v) is 2.81. The van der Waals surface area contributed by atoms with E-state index in [2.05, 4.69) is 5.32 Å². The molecule has 3 aromatic rings. The summed E-state index contributed by atoms with van der Waals surface area (Å²) in [4.78, 5) is 35.2. The normalized spacial score (nSPS) is 10.3. The van der Waals surface area contributed by atoms with E-state index in [1.165, 1.54) is 6.07 Å². The van der Waals surface area contributed by atoms with Crippen molar-refractivity contribution < 1.29 is 29.3 Å². The lowest BCUT2D eigenvalue weighted by Gasteiger charge is -2.13. The van der Waals surface area contributed by atoms with Crippen LogP contribution in [-0.2, 0) is 0 Å². The quantitative estimate of drug-likeness (QED) is 0.546. The number of ether oxygens (including phenoxy) is 1. The third kappa shape index (κ3) is 4.47. The highest BCUT2D eigenvalue weighted by Gasteiger charge is 2.18. The molecule has 0 heterocycles. The summed E-state index contributed by atoms with van der Waals surface area (Å²) in [5.41, 5.74) is 2.22. The highest BCUT2D eigenvalue weighted by atomic mass is 16.5. The molecule has 0 saturated carbocycles. The van der Waals surface area contributed by atoms with Crippen LogP contribution in [-0.4, -0.2) is 28.1 Å². The van der Waals surface area contributed by atoms with Crippen LogP contribution < -0.4 is 10.1 Å². The number of aromatic carboxylic acids is 2. The molecule has 0 unspecified atom stereocenters. The number of aryl methyl sites for hydroxylation is 2. The molecule has 0 aromatic heterocycles. The minimum absolute atomic E-state index is 0.130. The van der Waals surface area contributed by atoms with Gasteiger partial charge in [-0.3, -0.25) is 4.79 Å². The van der Waals surface area contributed by atoms with Crippen LogP contribution in [0, 0.1) is 13.8 Å². The molecular formula is C23H19NO6. The van der Waals surface area contributed by atoms with E-state index in [1.807, 2.05) is 19.9 Å². The molecule has 3 N–H and O–H groups in total.